The molecule has 0 N–H and O–H groups in total. The van der Waals surface area contributed by atoms with Crippen molar-refractivity contribution in [3.8, 4) is 5.75 Å². The number of unbranched alkanes of at least 4 members (excludes halogenated alkanes) is 1. The van der Waals surface area contributed by atoms with Gasteiger partial charge in [-0.3, -0.25) is 4.79 Å². The average Bonchev–Trinajstić information content (AvgIpc) is 3.12. The first-order chi connectivity index (χ1) is 13.5. The van der Waals surface area contributed by atoms with Crippen LogP contribution in [0.25, 0.3) is 0 Å². The number of ether oxygens (including phenoxy) is 1. The Labute approximate surface area is 165 Å². The highest BCUT2D eigenvalue weighted by atomic mass is 19.3. The highest BCUT2D eigenvalue weighted by molar-refractivity contribution is 5.95. The third kappa shape index (κ3) is 4.89. The number of amides is 1. The first-order valence-corrected chi connectivity index (χ1v) is 10.0. The lowest BCUT2D eigenvalue weighted by atomic mass is 10.0. The SMILES string of the molecule is CCCCOc1cccc(C(F)(F)CCCC(=O)N2CCc3ccccc32)c1. The molecule has 3 rings (SSSR count). The number of hydrogen-bond donors (Lipinski definition) is 0. The molecule has 5 heteroatoms. The number of anilines is 1. The molecule has 0 aromatic heterocycles. The summed E-state index contributed by atoms with van der Waals surface area (Å²) >= 11 is 0. The van der Waals surface area contributed by atoms with Gasteiger partial charge in [-0.1, -0.05) is 43.7 Å². The zero-order valence-electron chi connectivity index (χ0n) is 16.3. The van der Waals surface area contributed by atoms with Gasteiger partial charge in [0, 0.05) is 30.6 Å². The largest absolute Gasteiger partial charge is 0.494 e. The van der Waals surface area contributed by atoms with Crippen LogP contribution in [0.4, 0.5) is 14.5 Å². The van der Waals surface area contributed by atoms with Crippen molar-refractivity contribution in [2.75, 3.05) is 18.1 Å². The van der Waals surface area contributed by atoms with Gasteiger partial charge >= 0.3 is 0 Å². The molecule has 0 saturated carbocycles. The molecule has 0 saturated heterocycles. The fourth-order valence-electron chi connectivity index (χ4n) is 3.49. The Hall–Kier alpha value is -2.43. The minimum Gasteiger partial charge on any atom is -0.494 e. The van der Waals surface area contributed by atoms with Crippen molar-refractivity contribution in [2.45, 2.75) is 51.4 Å². The molecule has 1 heterocycles. The second kappa shape index (κ2) is 9.18. The van der Waals surface area contributed by atoms with E-state index in [1.165, 1.54) is 12.1 Å². The molecular weight excluding hydrogens is 360 g/mol. The number of halogens is 2. The maximum Gasteiger partial charge on any atom is 0.273 e. The normalized spacial score (nSPS) is 13.5. The van der Waals surface area contributed by atoms with E-state index < -0.39 is 5.92 Å². The third-order valence-corrected chi connectivity index (χ3v) is 5.09. The van der Waals surface area contributed by atoms with Gasteiger partial charge < -0.3 is 9.64 Å². The van der Waals surface area contributed by atoms with Crippen LogP contribution < -0.4 is 9.64 Å². The summed E-state index contributed by atoms with van der Waals surface area (Å²) in [6.45, 7) is 3.21. The Morgan fingerprint density at radius 3 is 2.79 bits per heavy atom. The Kier molecular flexibility index (Phi) is 6.65. The highest BCUT2D eigenvalue weighted by Crippen LogP contribution is 2.35. The number of para-hydroxylation sites is 1. The molecule has 1 amide bonds. The number of carbonyl (C=O) groups is 1. The molecule has 3 nitrogen and oxygen atoms in total. The number of alkyl halides is 2. The van der Waals surface area contributed by atoms with Crippen molar-refractivity contribution in [1.82, 2.24) is 0 Å². The first-order valence-electron chi connectivity index (χ1n) is 10.0. The summed E-state index contributed by atoms with van der Waals surface area (Å²) in [5, 5.41) is 0. The Morgan fingerprint density at radius 1 is 1.14 bits per heavy atom. The molecule has 0 unspecified atom stereocenters. The number of hydrogen-bond acceptors (Lipinski definition) is 2. The van der Waals surface area contributed by atoms with E-state index in [0.717, 1.165) is 30.5 Å². The van der Waals surface area contributed by atoms with E-state index in [9.17, 15) is 13.6 Å². The van der Waals surface area contributed by atoms with Crippen LogP contribution in [0, 0.1) is 0 Å². The summed E-state index contributed by atoms with van der Waals surface area (Å²) in [7, 11) is 0. The quantitative estimate of drug-likeness (QED) is 0.515. The van der Waals surface area contributed by atoms with Crippen molar-refractivity contribution in [2.24, 2.45) is 0 Å². The van der Waals surface area contributed by atoms with Gasteiger partial charge in [-0.2, -0.15) is 0 Å². The number of rotatable bonds is 9. The van der Waals surface area contributed by atoms with E-state index in [1.54, 1.807) is 17.0 Å². The van der Waals surface area contributed by atoms with E-state index in [-0.39, 0.29) is 30.7 Å². The Bertz CT molecular complexity index is 807. The summed E-state index contributed by atoms with van der Waals surface area (Å²) in [5.41, 5.74) is 2.00. The number of nitrogens with zero attached hydrogens (tertiary/aromatic N) is 1. The van der Waals surface area contributed by atoms with Crippen LogP contribution >= 0.6 is 0 Å². The predicted molar refractivity (Wildman–Crippen MR) is 107 cm³/mol. The summed E-state index contributed by atoms with van der Waals surface area (Å²) in [6, 6.07) is 13.9. The van der Waals surface area contributed by atoms with Crippen LogP contribution in [0.1, 0.15) is 50.2 Å². The maximum absolute atomic E-state index is 14.6. The topological polar surface area (TPSA) is 29.5 Å². The van der Waals surface area contributed by atoms with Crippen molar-refractivity contribution < 1.29 is 18.3 Å². The van der Waals surface area contributed by atoms with Crippen LogP contribution in [0.2, 0.25) is 0 Å². The van der Waals surface area contributed by atoms with Crippen molar-refractivity contribution in [3.05, 3.63) is 59.7 Å². The molecule has 0 spiro atoms. The lowest BCUT2D eigenvalue weighted by molar-refractivity contribution is -0.119. The van der Waals surface area contributed by atoms with Gasteiger partial charge in [0.15, 0.2) is 0 Å². The Morgan fingerprint density at radius 2 is 1.96 bits per heavy atom. The summed E-state index contributed by atoms with van der Waals surface area (Å²) in [5.74, 6) is -2.60. The summed E-state index contributed by atoms with van der Waals surface area (Å²) < 4.78 is 34.8. The van der Waals surface area contributed by atoms with Crippen LogP contribution in [0.3, 0.4) is 0 Å². The molecule has 2 aromatic rings. The second-order valence-electron chi connectivity index (χ2n) is 7.21. The fraction of sp³-hybridized carbons (Fsp3) is 0.435. The minimum absolute atomic E-state index is 0.0551. The number of fused-ring (bicyclic) bond motifs is 1. The van der Waals surface area contributed by atoms with Gasteiger partial charge in [0.25, 0.3) is 5.92 Å². The molecule has 150 valence electrons. The fourth-order valence-corrected chi connectivity index (χ4v) is 3.49. The molecule has 1 aliphatic heterocycles. The second-order valence-corrected chi connectivity index (χ2v) is 7.21. The lowest BCUT2D eigenvalue weighted by Gasteiger charge is -2.20. The van der Waals surface area contributed by atoms with Gasteiger partial charge in [0.2, 0.25) is 5.91 Å². The molecule has 0 radical (unpaired) electrons. The molecule has 0 bridgehead atoms. The average molecular weight is 387 g/mol. The zero-order chi connectivity index (χ0) is 20.0. The smallest absolute Gasteiger partial charge is 0.273 e. The van der Waals surface area contributed by atoms with E-state index in [1.807, 2.05) is 24.3 Å². The first kappa shape index (κ1) is 20.3. The molecule has 0 atom stereocenters. The minimum atomic E-state index is -2.98. The Balaban J connectivity index is 1.54. The van der Waals surface area contributed by atoms with Crippen molar-refractivity contribution in [1.29, 1.82) is 0 Å². The maximum atomic E-state index is 14.6. The molecule has 28 heavy (non-hydrogen) atoms. The van der Waals surface area contributed by atoms with E-state index in [4.69, 9.17) is 4.74 Å². The number of benzene rings is 2. The zero-order valence-corrected chi connectivity index (χ0v) is 16.3. The van der Waals surface area contributed by atoms with E-state index in [2.05, 4.69) is 6.92 Å². The summed E-state index contributed by atoms with van der Waals surface area (Å²) in [4.78, 5) is 14.2. The highest BCUT2D eigenvalue weighted by Gasteiger charge is 2.32. The standard InChI is InChI=1S/C23H27F2NO2/c1-2-3-16-28-20-10-6-9-19(17-20)23(24,25)14-7-12-22(27)26-15-13-18-8-4-5-11-21(18)26/h4-6,8-11,17H,2-3,7,12-16H2,1H3. The van der Waals surface area contributed by atoms with Crippen LogP contribution in [0.15, 0.2) is 48.5 Å². The monoisotopic (exact) mass is 387 g/mol. The van der Waals surface area contributed by atoms with Gasteiger partial charge in [0.1, 0.15) is 5.75 Å². The van der Waals surface area contributed by atoms with Gasteiger partial charge in [-0.15, -0.1) is 0 Å². The lowest BCUT2D eigenvalue weighted by Crippen LogP contribution is -2.29. The van der Waals surface area contributed by atoms with Crippen molar-refractivity contribution >= 4 is 11.6 Å². The van der Waals surface area contributed by atoms with Crippen LogP contribution in [-0.4, -0.2) is 19.1 Å². The van der Waals surface area contributed by atoms with E-state index in [0.29, 0.717) is 18.9 Å². The van der Waals surface area contributed by atoms with Gasteiger partial charge in [-0.25, -0.2) is 8.78 Å². The number of carbonyl (C=O) groups excluding carboxylic acids is 1. The van der Waals surface area contributed by atoms with E-state index >= 15 is 0 Å². The van der Waals surface area contributed by atoms with Gasteiger partial charge in [-0.05, 0) is 43.0 Å². The molecule has 0 aliphatic carbocycles. The van der Waals surface area contributed by atoms with Crippen molar-refractivity contribution in [3.63, 3.8) is 0 Å². The van der Waals surface area contributed by atoms with Crippen LogP contribution in [0.5, 0.6) is 5.75 Å². The molecule has 0 fully saturated rings. The third-order valence-electron chi connectivity index (χ3n) is 5.09. The molecular formula is C23H27F2NO2. The van der Waals surface area contributed by atoms with Crippen LogP contribution in [-0.2, 0) is 17.1 Å². The molecule has 2 aromatic carbocycles. The molecule has 1 aliphatic rings. The predicted octanol–water partition coefficient (Wildman–Crippen LogP) is 5.72. The summed E-state index contributed by atoms with van der Waals surface area (Å²) in [6.07, 6.45) is 2.62. The van der Waals surface area contributed by atoms with Gasteiger partial charge in [0.05, 0.1) is 6.61 Å².